The molecule has 19 heavy (non-hydrogen) atoms. The average molecular weight is 252 g/mol. The van der Waals surface area contributed by atoms with Crippen LogP contribution in [0.25, 0.3) is 0 Å². The Morgan fingerprint density at radius 1 is 0.737 bits per heavy atom. The van der Waals surface area contributed by atoms with Crippen molar-refractivity contribution in [2.75, 3.05) is 0 Å². The molecule has 2 aromatic carbocycles. The highest BCUT2D eigenvalue weighted by Crippen LogP contribution is 2.15. The van der Waals surface area contributed by atoms with E-state index in [9.17, 15) is 0 Å². The van der Waals surface area contributed by atoms with Gasteiger partial charge in [-0.2, -0.15) is 0 Å². The molecule has 0 aromatic heterocycles. The van der Waals surface area contributed by atoms with Crippen LogP contribution in [0.4, 0.5) is 0 Å². The molecule has 0 radical (unpaired) electrons. The van der Waals surface area contributed by atoms with Crippen LogP contribution in [0.1, 0.15) is 37.3 Å². The summed E-state index contributed by atoms with van der Waals surface area (Å²) in [4.78, 5) is 0. The van der Waals surface area contributed by atoms with E-state index in [2.05, 4.69) is 67.6 Å². The second-order valence-corrected chi connectivity index (χ2v) is 5.53. The predicted octanol–water partition coefficient (Wildman–Crippen LogP) is 5.28. The van der Waals surface area contributed by atoms with Gasteiger partial charge in [-0.3, -0.25) is 0 Å². The van der Waals surface area contributed by atoms with E-state index >= 15 is 0 Å². The molecular formula is C19H24. The Kier molecular flexibility index (Phi) is 5.68. The SMILES string of the molecule is C[C@H](CCCCc1ccccc1)Cc1ccccc1. The van der Waals surface area contributed by atoms with Gasteiger partial charge >= 0.3 is 0 Å². The highest BCUT2D eigenvalue weighted by atomic mass is 14.1. The van der Waals surface area contributed by atoms with Crippen LogP contribution in [0.5, 0.6) is 0 Å². The van der Waals surface area contributed by atoms with Gasteiger partial charge in [-0.05, 0) is 36.3 Å². The molecule has 0 spiro atoms. The van der Waals surface area contributed by atoms with Gasteiger partial charge < -0.3 is 0 Å². The highest BCUT2D eigenvalue weighted by Gasteiger charge is 2.03. The van der Waals surface area contributed by atoms with E-state index in [4.69, 9.17) is 0 Å². The summed E-state index contributed by atoms with van der Waals surface area (Å²) in [5.41, 5.74) is 2.94. The van der Waals surface area contributed by atoms with Gasteiger partial charge in [0.05, 0.1) is 0 Å². The fourth-order valence-electron chi connectivity index (χ4n) is 2.59. The summed E-state index contributed by atoms with van der Waals surface area (Å²) >= 11 is 0. The topological polar surface area (TPSA) is 0 Å². The smallest absolute Gasteiger partial charge is 0.0253 e. The third-order valence-electron chi connectivity index (χ3n) is 3.68. The monoisotopic (exact) mass is 252 g/mol. The van der Waals surface area contributed by atoms with E-state index in [1.54, 1.807) is 0 Å². The molecule has 2 aromatic rings. The normalized spacial score (nSPS) is 12.3. The van der Waals surface area contributed by atoms with Crippen LogP contribution in [0, 0.1) is 5.92 Å². The summed E-state index contributed by atoms with van der Waals surface area (Å²) in [6.07, 6.45) is 6.42. The molecular weight excluding hydrogens is 228 g/mol. The summed E-state index contributed by atoms with van der Waals surface area (Å²) in [7, 11) is 0. The van der Waals surface area contributed by atoms with Crippen molar-refractivity contribution in [1.82, 2.24) is 0 Å². The first-order valence-electron chi connectivity index (χ1n) is 7.42. The lowest BCUT2D eigenvalue weighted by Crippen LogP contribution is -2.00. The molecule has 0 nitrogen and oxygen atoms in total. The Hall–Kier alpha value is -1.56. The molecule has 0 heteroatoms. The van der Waals surface area contributed by atoms with Crippen LogP contribution in [0.15, 0.2) is 60.7 Å². The van der Waals surface area contributed by atoms with Crippen LogP contribution < -0.4 is 0 Å². The van der Waals surface area contributed by atoms with Crippen LogP contribution in [0.2, 0.25) is 0 Å². The third-order valence-corrected chi connectivity index (χ3v) is 3.68. The molecule has 0 bridgehead atoms. The van der Waals surface area contributed by atoms with E-state index < -0.39 is 0 Å². The minimum Gasteiger partial charge on any atom is -0.0622 e. The summed E-state index contributed by atoms with van der Waals surface area (Å²) < 4.78 is 0. The van der Waals surface area contributed by atoms with Gasteiger partial charge in [-0.1, -0.05) is 80.4 Å². The van der Waals surface area contributed by atoms with E-state index in [-0.39, 0.29) is 0 Å². The van der Waals surface area contributed by atoms with E-state index in [1.165, 1.54) is 43.2 Å². The number of hydrogen-bond acceptors (Lipinski definition) is 0. The number of unbranched alkanes of at least 4 members (excludes halogenated alkanes) is 1. The lowest BCUT2D eigenvalue weighted by Gasteiger charge is -2.11. The fraction of sp³-hybridized carbons (Fsp3) is 0.368. The zero-order valence-corrected chi connectivity index (χ0v) is 11.9. The van der Waals surface area contributed by atoms with Gasteiger partial charge in [-0.25, -0.2) is 0 Å². The molecule has 2 rings (SSSR count). The summed E-state index contributed by atoms with van der Waals surface area (Å²) in [5.74, 6) is 0.790. The van der Waals surface area contributed by atoms with Crippen LogP contribution in [-0.4, -0.2) is 0 Å². The Morgan fingerprint density at radius 3 is 1.95 bits per heavy atom. The van der Waals surface area contributed by atoms with Crippen LogP contribution in [-0.2, 0) is 12.8 Å². The zero-order chi connectivity index (χ0) is 13.3. The fourth-order valence-corrected chi connectivity index (χ4v) is 2.59. The second kappa shape index (κ2) is 7.78. The Morgan fingerprint density at radius 2 is 1.32 bits per heavy atom. The molecule has 1 atom stereocenters. The molecule has 0 aliphatic rings. The van der Waals surface area contributed by atoms with Gasteiger partial charge in [-0.15, -0.1) is 0 Å². The number of rotatable bonds is 7. The molecule has 0 aliphatic carbocycles. The molecule has 0 amide bonds. The predicted molar refractivity (Wildman–Crippen MR) is 83.3 cm³/mol. The first-order chi connectivity index (χ1) is 9.34. The van der Waals surface area contributed by atoms with Gasteiger partial charge in [0.2, 0.25) is 0 Å². The molecule has 100 valence electrons. The van der Waals surface area contributed by atoms with Crippen LogP contribution >= 0.6 is 0 Å². The molecule has 0 heterocycles. The first kappa shape index (κ1) is 13.9. The average Bonchev–Trinajstić information content (AvgIpc) is 2.46. The first-order valence-corrected chi connectivity index (χ1v) is 7.42. The largest absolute Gasteiger partial charge is 0.0622 e. The van der Waals surface area contributed by atoms with Gasteiger partial charge in [0, 0.05) is 0 Å². The van der Waals surface area contributed by atoms with Crippen molar-refractivity contribution < 1.29 is 0 Å². The molecule has 0 aliphatic heterocycles. The number of benzene rings is 2. The van der Waals surface area contributed by atoms with Crippen molar-refractivity contribution in [1.29, 1.82) is 0 Å². The van der Waals surface area contributed by atoms with Gasteiger partial charge in [0.25, 0.3) is 0 Å². The van der Waals surface area contributed by atoms with Crippen molar-refractivity contribution >= 4 is 0 Å². The standard InChI is InChI=1S/C19H24/c1-17(16-19-14-6-3-7-15-19)10-8-9-13-18-11-4-2-5-12-18/h2-7,11-12,14-15,17H,8-10,13,16H2,1H3/t17-/m1/s1. The molecule has 0 saturated carbocycles. The molecule has 0 unspecified atom stereocenters. The Balaban J connectivity index is 1.63. The summed E-state index contributed by atoms with van der Waals surface area (Å²) in [6, 6.07) is 21.6. The van der Waals surface area contributed by atoms with Crippen molar-refractivity contribution in [2.24, 2.45) is 5.92 Å². The maximum Gasteiger partial charge on any atom is -0.0253 e. The summed E-state index contributed by atoms with van der Waals surface area (Å²) in [6.45, 7) is 2.37. The maximum absolute atomic E-state index is 2.37. The minimum absolute atomic E-state index is 0.790. The van der Waals surface area contributed by atoms with Crippen molar-refractivity contribution in [2.45, 2.75) is 39.0 Å². The maximum atomic E-state index is 2.37. The quantitative estimate of drug-likeness (QED) is 0.588. The third kappa shape index (κ3) is 5.30. The molecule has 0 saturated heterocycles. The van der Waals surface area contributed by atoms with Crippen molar-refractivity contribution in [3.05, 3.63) is 71.8 Å². The molecule has 0 N–H and O–H groups in total. The Labute approximate surface area is 117 Å². The molecule has 0 fully saturated rings. The Bertz CT molecular complexity index is 444. The van der Waals surface area contributed by atoms with Crippen molar-refractivity contribution in [3.8, 4) is 0 Å². The van der Waals surface area contributed by atoms with Crippen molar-refractivity contribution in [3.63, 3.8) is 0 Å². The van der Waals surface area contributed by atoms with E-state index in [0.717, 1.165) is 5.92 Å². The minimum atomic E-state index is 0.790. The summed E-state index contributed by atoms with van der Waals surface area (Å²) in [5, 5.41) is 0. The highest BCUT2D eigenvalue weighted by molar-refractivity contribution is 5.15. The van der Waals surface area contributed by atoms with Gasteiger partial charge in [0.1, 0.15) is 0 Å². The van der Waals surface area contributed by atoms with E-state index in [1.807, 2.05) is 0 Å². The number of aryl methyl sites for hydroxylation is 1. The van der Waals surface area contributed by atoms with Gasteiger partial charge in [0.15, 0.2) is 0 Å². The number of hydrogen-bond donors (Lipinski definition) is 0. The lowest BCUT2D eigenvalue weighted by molar-refractivity contribution is 0.495. The van der Waals surface area contributed by atoms with Crippen LogP contribution in [0.3, 0.4) is 0 Å². The zero-order valence-electron chi connectivity index (χ0n) is 11.9. The lowest BCUT2D eigenvalue weighted by atomic mass is 9.95. The second-order valence-electron chi connectivity index (χ2n) is 5.53. The van der Waals surface area contributed by atoms with E-state index in [0.29, 0.717) is 0 Å².